The minimum absolute atomic E-state index is 0.104. The summed E-state index contributed by atoms with van der Waals surface area (Å²) < 4.78 is 5.31. The molecule has 0 aliphatic rings. The van der Waals surface area contributed by atoms with Crippen molar-refractivity contribution in [2.24, 2.45) is 0 Å². The lowest BCUT2D eigenvalue weighted by molar-refractivity contribution is 0.0828. The van der Waals surface area contributed by atoms with Gasteiger partial charge in [-0.3, -0.25) is 9.69 Å². The Bertz CT molecular complexity index is 625. The monoisotopic (exact) mass is 297 g/mol. The van der Waals surface area contributed by atoms with Gasteiger partial charge in [-0.2, -0.15) is 0 Å². The summed E-state index contributed by atoms with van der Waals surface area (Å²) >= 11 is 0. The van der Waals surface area contributed by atoms with E-state index in [0.29, 0.717) is 17.9 Å². The minimum atomic E-state index is -0.580. The van der Waals surface area contributed by atoms with Crippen molar-refractivity contribution < 1.29 is 14.3 Å². The molecule has 0 radical (unpaired) electrons. The molecule has 0 spiro atoms. The van der Waals surface area contributed by atoms with Gasteiger partial charge in [-0.05, 0) is 26.0 Å². The van der Waals surface area contributed by atoms with Gasteiger partial charge in [0, 0.05) is 12.1 Å². The normalized spacial score (nSPS) is 11.5. The van der Waals surface area contributed by atoms with Crippen molar-refractivity contribution in [2.45, 2.75) is 19.9 Å². The number of likely N-dealkylation sites (N-methyl/N-ethyl adjacent to an activating group) is 1. The average Bonchev–Trinajstić information content (AvgIpc) is 2.56. The molecule has 4 heteroatoms. The number of carbonyl (C=O) groups excluding carboxylic acids is 2. The van der Waals surface area contributed by atoms with E-state index < -0.39 is 12.1 Å². The quantitative estimate of drug-likeness (QED) is 0.789. The number of ether oxygens (including phenoxy) is 1. The van der Waals surface area contributed by atoms with E-state index in [2.05, 4.69) is 0 Å². The average molecular weight is 297 g/mol. The van der Waals surface area contributed by atoms with Gasteiger partial charge < -0.3 is 4.74 Å². The van der Waals surface area contributed by atoms with Gasteiger partial charge in [0.25, 0.3) is 0 Å². The standard InChI is InChI=1S/C18H19NO3/c1-3-19(18(21)22-16-12-8-5-9-13-16)14(2)17(20)15-10-6-4-7-11-15/h4-14H,3H2,1-2H3. The molecular weight excluding hydrogens is 278 g/mol. The maximum Gasteiger partial charge on any atom is 0.415 e. The Morgan fingerprint density at radius 2 is 1.55 bits per heavy atom. The highest BCUT2D eigenvalue weighted by Gasteiger charge is 2.26. The Hall–Kier alpha value is -2.62. The maximum atomic E-state index is 12.5. The van der Waals surface area contributed by atoms with Crippen molar-refractivity contribution in [1.82, 2.24) is 4.90 Å². The lowest BCUT2D eigenvalue weighted by Crippen LogP contribution is -2.44. The second-order valence-electron chi connectivity index (χ2n) is 4.87. The zero-order chi connectivity index (χ0) is 15.9. The van der Waals surface area contributed by atoms with Crippen LogP contribution in [-0.2, 0) is 0 Å². The number of rotatable bonds is 5. The predicted octanol–water partition coefficient (Wildman–Crippen LogP) is 3.78. The number of para-hydroxylation sites is 1. The summed E-state index contributed by atoms with van der Waals surface area (Å²) in [4.78, 5) is 26.1. The van der Waals surface area contributed by atoms with Crippen molar-refractivity contribution in [3.8, 4) is 5.75 Å². The van der Waals surface area contributed by atoms with Crippen molar-refractivity contribution in [3.05, 3.63) is 66.2 Å². The second-order valence-corrected chi connectivity index (χ2v) is 4.87. The van der Waals surface area contributed by atoms with Gasteiger partial charge in [0.1, 0.15) is 5.75 Å². The molecule has 1 amide bonds. The number of Topliss-reactive ketones (excluding diaryl/α,β-unsaturated/α-hetero) is 1. The molecule has 1 unspecified atom stereocenters. The summed E-state index contributed by atoms with van der Waals surface area (Å²) in [7, 11) is 0. The first kappa shape index (κ1) is 15.8. The first-order chi connectivity index (χ1) is 10.6. The molecule has 0 fully saturated rings. The van der Waals surface area contributed by atoms with Gasteiger partial charge in [0.05, 0.1) is 6.04 Å². The summed E-state index contributed by atoms with van der Waals surface area (Å²) in [6.45, 7) is 3.93. The summed E-state index contributed by atoms with van der Waals surface area (Å²) in [5.74, 6) is 0.359. The van der Waals surface area contributed by atoms with Crippen LogP contribution in [0.25, 0.3) is 0 Å². The molecule has 22 heavy (non-hydrogen) atoms. The summed E-state index contributed by atoms with van der Waals surface area (Å²) in [5.41, 5.74) is 0.584. The number of carbonyl (C=O) groups is 2. The van der Waals surface area contributed by atoms with Crippen LogP contribution in [0.2, 0.25) is 0 Å². The van der Waals surface area contributed by atoms with Crippen LogP contribution in [0.15, 0.2) is 60.7 Å². The Morgan fingerprint density at radius 3 is 2.09 bits per heavy atom. The molecule has 0 saturated carbocycles. The van der Waals surface area contributed by atoms with Gasteiger partial charge in [-0.1, -0.05) is 48.5 Å². The van der Waals surface area contributed by atoms with Crippen LogP contribution in [-0.4, -0.2) is 29.4 Å². The first-order valence-corrected chi connectivity index (χ1v) is 7.26. The highest BCUT2D eigenvalue weighted by molar-refractivity contribution is 6.01. The molecule has 0 bridgehead atoms. The Morgan fingerprint density at radius 1 is 1.00 bits per heavy atom. The number of amides is 1. The summed E-state index contributed by atoms with van der Waals surface area (Å²) in [6, 6.07) is 17.2. The molecule has 1 atom stereocenters. The number of ketones is 1. The van der Waals surface area contributed by atoms with Crippen LogP contribution >= 0.6 is 0 Å². The molecule has 0 aromatic heterocycles. The zero-order valence-electron chi connectivity index (χ0n) is 12.7. The van der Waals surface area contributed by atoms with Gasteiger partial charge in [-0.25, -0.2) is 4.79 Å². The highest BCUT2D eigenvalue weighted by Crippen LogP contribution is 2.14. The molecule has 0 N–H and O–H groups in total. The second kappa shape index (κ2) is 7.41. The van der Waals surface area contributed by atoms with E-state index in [-0.39, 0.29) is 5.78 Å². The minimum Gasteiger partial charge on any atom is -0.410 e. The topological polar surface area (TPSA) is 46.6 Å². The van der Waals surface area contributed by atoms with E-state index >= 15 is 0 Å². The molecule has 114 valence electrons. The van der Waals surface area contributed by atoms with E-state index in [1.54, 1.807) is 55.5 Å². The number of hydrogen-bond acceptors (Lipinski definition) is 3. The number of benzene rings is 2. The fourth-order valence-corrected chi connectivity index (χ4v) is 2.19. The van der Waals surface area contributed by atoms with E-state index in [1.807, 2.05) is 19.1 Å². The SMILES string of the molecule is CCN(C(=O)Oc1ccccc1)C(C)C(=O)c1ccccc1. The zero-order valence-corrected chi connectivity index (χ0v) is 12.7. The Labute approximate surface area is 130 Å². The first-order valence-electron chi connectivity index (χ1n) is 7.26. The van der Waals surface area contributed by atoms with E-state index in [0.717, 1.165) is 0 Å². The Balaban J connectivity index is 2.10. The third-order valence-corrected chi connectivity index (χ3v) is 3.43. The smallest absolute Gasteiger partial charge is 0.410 e. The fourth-order valence-electron chi connectivity index (χ4n) is 2.19. The molecule has 0 aliphatic heterocycles. The van der Waals surface area contributed by atoms with Crippen molar-refractivity contribution in [1.29, 1.82) is 0 Å². The van der Waals surface area contributed by atoms with E-state index in [9.17, 15) is 9.59 Å². The molecule has 0 aliphatic carbocycles. The van der Waals surface area contributed by atoms with Crippen molar-refractivity contribution in [3.63, 3.8) is 0 Å². The number of nitrogens with zero attached hydrogens (tertiary/aromatic N) is 1. The van der Waals surface area contributed by atoms with E-state index in [1.165, 1.54) is 4.90 Å². The molecule has 2 aromatic carbocycles. The predicted molar refractivity (Wildman–Crippen MR) is 85.1 cm³/mol. The van der Waals surface area contributed by atoms with Crippen LogP contribution in [0.3, 0.4) is 0 Å². The lowest BCUT2D eigenvalue weighted by Gasteiger charge is -2.26. The summed E-state index contributed by atoms with van der Waals surface area (Å²) in [5, 5.41) is 0. The summed E-state index contributed by atoms with van der Waals surface area (Å²) in [6.07, 6.45) is -0.523. The fraction of sp³-hybridized carbons (Fsp3) is 0.222. The van der Waals surface area contributed by atoms with Gasteiger partial charge in [0.2, 0.25) is 0 Å². The van der Waals surface area contributed by atoms with Crippen LogP contribution in [0.1, 0.15) is 24.2 Å². The molecule has 2 rings (SSSR count). The largest absolute Gasteiger partial charge is 0.415 e. The van der Waals surface area contributed by atoms with E-state index in [4.69, 9.17) is 4.74 Å². The molecular formula is C18H19NO3. The highest BCUT2D eigenvalue weighted by atomic mass is 16.6. The molecule has 0 saturated heterocycles. The maximum absolute atomic E-state index is 12.5. The third-order valence-electron chi connectivity index (χ3n) is 3.43. The number of hydrogen-bond donors (Lipinski definition) is 0. The van der Waals surface area contributed by atoms with Gasteiger partial charge in [0.15, 0.2) is 5.78 Å². The van der Waals surface area contributed by atoms with Gasteiger partial charge in [-0.15, -0.1) is 0 Å². The van der Waals surface area contributed by atoms with Crippen LogP contribution in [0.5, 0.6) is 5.75 Å². The van der Waals surface area contributed by atoms with Crippen LogP contribution < -0.4 is 4.74 Å². The molecule has 0 heterocycles. The van der Waals surface area contributed by atoms with Crippen molar-refractivity contribution in [2.75, 3.05) is 6.54 Å². The molecule has 2 aromatic rings. The van der Waals surface area contributed by atoms with Crippen LogP contribution in [0, 0.1) is 0 Å². The Kier molecular flexibility index (Phi) is 5.31. The van der Waals surface area contributed by atoms with Crippen molar-refractivity contribution >= 4 is 11.9 Å². The third kappa shape index (κ3) is 3.73. The lowest BCUT2D eigenvalue weighted by atomic mass is 10.0. The van der Waals surface area contributed by atoms with Crippen LogP contribution in [0.4, 0.5) is 4.79 Å². The molecule has 4 nitrogen and oxygen atoms in total. The van der Waals surface area contributed by atoms with Gasteiger partial charge >= 0.3 is 6.09 Å².